The Morgan fingerprint density at radius 1 is 1.17 bits per heavy atom. The molecule has 0 radical (unpaired) electrons. The molecular weight excluding hydrogens is 236 g/mol. The first-order valence-electron chi connectivity index (χ1n) is 6.25. The number of rotatable bonds is 4. The van der Waals surface area contributed by atoms with Crippen molar-refractivity contribution in [3.05, 3.63) is 29.8 Å². The second-order valence-corrected chi connectivity index (χ2v) is 4.70. The third-order valence-corrected chi connectivity index (χ3v) is 3.27. The molecule has 1 fully saturated rings. The van der Waals surface area contributed by atoms with Gasteiger partial charge in [-0.25, -0.2) is 8.78 Å². The molecule has 0 aliphatic carbocycles. The zero-order valence-corrected chi connectivity index (χ0v) is 10.6. The van der Waals surface area contributed by atoms with Gasteiger partial charge in [-0.2, -0.15) is 0 Å². The van der Waals surface area contributed by atoms with E-state index in [0.29, 0.717) is 6.54 Å². The number of nitrogens with one attached hydrogen (secondary N) is 1. The lowest BCUT2D eigenvalue weighted by molar-refractivity contribution is 0.158. The fourth-order valence-electron chi connectivity index (χ4n) is 2.05. The Balaban J connectivity index is 1.76. The Labute approximate surface area is 106 Å². The van der Waals surface area contributed by atoms with Gasteiger partial charge in [0.2, 0.25) is 0 Å². The molecule has 0 spiro atoms. The molecule has 1 heterocycles. The predicted molar refractivity (Wildman–Crippen MR) is 68.8 cm³/mol. The summed E-state index contributed by atoms with van der Waals surface area (Å²) in [6, 6.07) is 3.47. The molecule has 100 valence electrons. The Kier molecular flexibility index (Phi) is 4.49. The van der Waals surface area contributed by atoms with Gasteiger partial charge in [0, 0.05) is 39.3 Å². The maximum atomic E-state index is 13.3. The lowest BCUT2D eigenvalue weighted by Gasteiger charge is -2.32. The van der Waals surface area contributed by atoms with Crippen LogP contribution in [0.15, 0.2) is 18.2 Å². The minimum Gasteiger partial charge on any atom is -0.381 e. The minimum absolute atomic E-state index is 0.240. The van der Waals surface area contributed by atoms with E-state index in [9.17, 15) is 8.78 Å². The molecule has 1 aliphatic heterocycles. The first-order chi connectivity index (χ1) is 8.65. The van der Waals surface area contributed by atoms with Crippen LogP contribution in [-0.4, -0.2) is 56.1 Å². The minimum atomic E-state index is -0.418. The fourth-order valence-corrected chi connectivity index (χ4v) is 2.05. The van der Waals surface area contributed by atoms with E-state index >= 15 is 0 Å². The highest BCUT2D eigenvalue weighted by Gasteiger charge is 2.13. The molecule has 0 aromatic heterocycles. The van der Waals surface area contributed by atoms with Crippen molar-refractivity contribution in [1.29, 1.82) is 0 Å². The van der Waals surface area contributed by atoms with Gasteiger partial charge in [0.05, 0.1) is 5.69 Å². The molecule has 5 heteroatoms. The van der Waals surface area contributed by atoms with Crippen molar-refractivity contribution in [2.75, 3.05) is 51.6 Å². The summed E-state index contributed by atoms with van der Waals surface area (Å²) in [4.78, 5) is 4.61. The molecule has 1 saturated heterocycles. The molecule has 3 nitrogen and oxygen atoms in total. The van der Waals surface area contributed by atoms with Crippen LogP contribution in [-0.2, 0) is 0 Å². The van der Waals surface area contributed by atoms with Gasteiger partial charge >= 0.3 is 0 Å². The molecular formula is C13H19F2N3. The number of hydrogen-bond donors (Lipinski definition) is 1. The third-order valence-electron chi connectivity index (χ3n) is 3.27. The van der Waals surface area contributed by atoms with Crippen molar-refractivity contribution in [3.8, 4) is 0 Å². The van der Waals surface area contributed by atoms with E-state index in [1.165, 1.54) is 6.07 Å². The predicted octanol–water partition coefficient (Wildman–Crippen LogP) is 1.62. The normalized spacial score (nSPS) is 17.9. The van der Waals surface area contributed by atoms with E-state index in [4.69, 9.17) is 0 Å². The summed E-state index contributed by atoms with van der Waals surface area (Å²) in [5.74, 6) is -0.826. The van der Waals surface area contributed by atoms with Gasteiger partial charge in [0.1, 0.15) is 11.6 Å². The standard InChI is InChI=1S/C13H19F2N3/c1-17-6-8-18(9-7-17)5-4-16-13-10-11(14)2-3-12(13)15/h2-3,10,16H,4-9H2,1H3. The highest BCUT2D eigenvalue weighted by atomic mass is 19.1. The zero-order valence-electron chi connectivity index (χ0n) is 10.6. The van der Waals surface area contributed by atoms with Gasteiger partial charge < -0.3 is 10.2 Å². The zero-order chi connectivity index (χ0) is 13.0. The van der Waals surface area contributed by atoms with Crippen molar-refractivity contribution in [2.24, 2.45) is 0 Å². The molecule has 0 bridgehead atoms. The first-order valence-corrected chi connectivity index (χ1v) is 6.25. The van der Waals surface area contributed by atoms with E-state index in [1.54, 1.807) is 0 Å². The van der Waals surface area contributed by atoms with E-state index in [-0.39, 0.29) is 5.69 Å². The quantitative estimate of drug-likeness (QED) is 0.882. The second-order valence-electron chi connectivity index (χ2n) is 4.70. The number of halogens is 2. The summed E-state index contributed by atoms with van der Waals surface area (Å²) in [5, 5.41) is 2.94. The highest BCUT2D eigenvalue weighted by molar-refractivity contribution is 5.44. The number of nitrogens with zero attached hydrogens (tertiary/aromatic N) is 2. The number of likely N-dealkylation sites (N-methyl/N-ethyl adjacent to an activating group) is 1. The average Bonchev–Trinajstić information content (AvgIpc) is 2.36. The Morgan fingerprint density at radius 3 is 2.61 bits per heavy atom. The summed E-state index contributed by atoms with van der Waals surface area (Å²) < 4.78 is 26.3. The summed E-state index contributed by atoms with van der Waals surface area (Å²) in [6.07, 6.45) is 0. The van der Waals surface area contributed by atoms with Gasteiger partial charge in [-0.1, -0.05) is 0 Å². The Bertz CT molecular complexity index is 390. The van der Waals surface area contributed by atoms with Crippen LogP contribution in [0.5, 0.6) is 0 Å². The van der Waals surface area contributed by atoms with Gasteiger partial charge in [-0.15, -0.1) is 0 Å². The largest absolute Gasteiger partial charge is 0.381 e. The lowest BCUT2D eigenvalue weighted by atomic mass is 10.3. The lowest BCUT2D eigenvalue weighted by Crippen LogP contribution is -2.45. The van der Waals surface area contributed by atoms with Crippen LogP contribution >= 0.6 is 0 Å². The van der Waals surface area contributed by atoms with Crippen molar-refractivity contribution in [1.82, 2.24) is 9.80 Å². The van der Waals surface area contributed by atoms with Crippen LogP contribution in [0, 0.1) is 11.6 Å². The van der Waals surface area contributed by atoms with Crippen molar-refractivity contribution >= 4 is 5.69 Å². The number of anilines is 1. The van der Waals surface area contributed by atoms with Gasteiger partial charge in [0.25, 0.3) is 0 Å². The number of piperazine rings is 1. The fraction of sp³-hybridized carbons (Fsp3) is 0.538. The Hall–Kier alpha value is -1.20. The van der Waals surface area contributed by atoms with Gasteiger partial charge in [-0.3, -0.25) is 4.90 Å². The maximum absolute atomic E-state index is 13.3. The van der Waals surface area contributed by atoms with Crippen LogP contribution in [0.4, 0.5) is 14.5 Å². The van der Waals surface area contributed by atoms with E-state index in [1.807, 2.05) is 0 Å². The van der Waals surface area contributed by atoms with Crippen molar-refractivity contribution < 1.29 is 8.78 Å². The molecule has 1 aromatic rings. The summed E-state index contributed by atoms with van der Waals surface area (Å²) in [6.45, 7) is 5.67. The van der Waals surface area contributed by atoms with Gasteiger partial charge in [0.15, 0.2) is 0 Å². The molecule has 2 rings (SSSR count). The van der Waals surface area contributed by atoms with Crippen LogP contribution in [0.25, 0.3) is 0 Å². The average molecular weight is 255 g/mol. The molecule has 0 amide bonds. The van der Waals surface area contributed by atoms with Crippen LogP contribution in [0.1, 0.15) is 0 Å². The maximum Gasteiger partial charge on any atom is 0.146 e. The van der Waals surface area contributed by atoms with Crippen molar-refractivity contribution in [3.63, 3.8) is 0 Å². The Morgan fingerprint density at radius 2 is 1.89 bits per heavy atom. The molecule has 1 N–H and O–H groups in total. The topological polar surface area (TPSA) is 18.5 Å². The van der Waals surface area contributed by atoms with E-state index < -0.39 is 11.6 Å². The van der Waals surface area contributed by atoms with Crippen LogP contribution in [0.3, 0.4) is 0 Å². The summed E-state index contributed by atoms with van der Waals surface area (Å²) in [7, 11) is 2.11. The molecule has 0 unspecified atom stereocenters. The molecule has 1 aliphatic rings. The van der Waals surface area contributed by atoms with Crippen LogP contribution < -0.4 is 5.32 Å². The number of benzene rings is 1. The summed E-state index contributed by atoms with van der Waals surface area (Å²) >= 11 is 0. The third kappa shape index (κ3) is 3.65. The first kappa shape index (κ1) is 13.2. The van der Waals surface area contributed by atoms with Crippen molar-refractivity contribution in [2.45, 2.75) is 0 Å². The SMILES string of the molecule is CN1CCN(CCNc2cc(F)ccc2F)CC1. The smallest absolute Gasteiger partial charge is 0.146 e. The molecule has 0 saturated carbocycles. The summed E-state index contributed by atoms with van der Waals surface area (Å²) in [5.41, 5.74) is 0.240. The van der Waals surface area contributed by atoms with E-state index in [0.717, 1.165) is 44.9 Å². The van der Waals surface area contributed by atoms with Gasteiger partial charge in [-0.05, 0) is 25.2 Å². The monoisotopic (exact) mass is 255 g/mol. The molecule has 0 atom stereocenters. The molecule has 1 aromatic carbocycles. The highest BCUT2D eigenvalue weighted by Crippen LogP contribution is 2.14. The molecule has 18 heavy (non-hydrogen) atoms. The second kappa shape index (κ2) is 6.11. The van der Waals surface area contributed by atoms with E-state index in [2.05, 4.69) is 22.2 Å². The number of hydrogen-bond acceptors (Lipinski definition) is 3. The van der Waals surface area contributed by atoms with Crippen LogP contribution in [0.2, 0.25) is 0 Å².